The Morgan fingerprint density at radius 3 is 2.54 bits per heavy atom. The Bertz CT molecular complexity index is 589. The molecule has 0 unspecified atom stereocenters. The number of halogens is 3. The average Bonchev–Trinajstić information content (AvgIpc) is 2.77. The van der Waals surface area contributed by atoms with Gasteiger partial charge >= 0.3 is 6.18 Å². The van der Waals surface area contributed by atoms with Crippen molar-refractivity contribution in [2.24, 2.45) is 0 Å². The van der Waals surface area contributed by atoms with E-state index in [-0.39, 0.29) is 30.6 Å². The number of carbonyl (C=O) groups excluding carboxylic acids is 2. The van der Waals surface area contributed by atoms with Crippen LogP contribution in [0.1, 0.15) is 27.3 Å². The largest absolute Gasteiger partial charge is 0.401 e. The van der Waals surface area contributed by atoms with Crippen LogP contribution in [0, 0.1) is 0 Å². The first-order valence-corrected chi connectivity index (χ1v) is 7.56. The lowest BCUT2D eigenvalue weighted by molar-refractivity contribution is -0.145. The van der Waals surface area contributed by atoms with Gasteiger partial charge in [0.1, 0.15) is 5.69 Å². The molecule has 0 spiro atoms. The minimum atomic E-state index is -4.24. The van der Waals surface area contributed by atoms with Crippen LogP contribution in [0.3, 0.4) is 0 Å². The number of aromatic nitrogens is 1. The SMILES string of the molecule is CNC(=O)c1ccc(C(=O)N2CCCN(CC(F)(F)F)CC2)cn1. The lowest BCUT2D eigenvalue weighted by Crippen LogP contribution is -2.38. The number of nitrogens with zero attached hydrogens (tertiary/aromatic N) is 3. The first-order chi connectivity index (χ1) is 11.3. The Balaban J connectivity index is 1.98. The molecule has 132 valence electrons. The van der Waals surface area contributed by atoms with Crippen LogP contribution in [0.4, 0.5) is 13.2 Å². The van der Waals surface area contributed by atoms with Crippen molar-refractivity contribution in [1.29, 1.82) is 0 Å². The maximum Gasteiger partial charge on any atom is 0.401 e. The van der Waals surface area contributed by atoms with E-state index >= 15 is 0 Å². The van der Waals surface area contributed by atoms with Gasteiger partial charge in [0.05, 0.1) is 12.1 Å². The zero-order chi connectivity index (χ0) is 17.7. The summed E-state index contributed by atoms with van der Waals surface area (Å²) in [6, 6.07) is 2.94. The normalized spacial score (nSPS) is 16.6. The molecule has 2 heterocycles. The van der Waals surface area contributed by atoms with E-state index in [1.807, 2.05) is 0 Å². The van der Waals surface area contributed by atoms with Crippen LogP contribution in [0.25, 0.3) is 0 Å². The lowest BCUT2D eigenvalue weighted by atomic mass is 10.2. The predicted octanol–water partition coefficient (Wildman–Crippen LogP) is 1.15. The highest BCUT2D eigenvalue weighted by molar-refractivity contribution is 5.96. The standard InChI is InChI=1S/C15H19F3N4O2/c1-19-13(23)12-4-3-11(9-20-12)14(24)22-6-2-5-21(7-8-22)10-15(16,17)18/h3-4,9H,2,5-8,10H2,1H3,(H,19,23). The van der Waals surface area contributed by atoms with Gasteiger partial charge in [0.2, 0.25) is 0 Å². The van der Waals surface area contributed by atoms with Gasteiger partial charge in [0.25, 0.3) is 11.8 Å². The molecule has 24 heavy (non-hydrogen) atoms. The second-order valence-electron chi connectivity index (χ2n) is 5.55. The molecule has 0 aromatic carbocycles. The molecule has 0 aliphatic carbocycles. The van der Waals surface area contributed by atoms with Crippen LogP contribution < -0.4 is 5.32 Å². The molecule has 6 nitrogen and oxygen atoms in total. The van der Waals surface area contributed by atoms with E-state index in [1.165, 1.54) is 35.2 Å². The van der Waals surface area contributed by atoms with Crippen LogP contribution in [-0.2, 0) is 0 Å². The van der Waals surface area contributed by atoms with Gasteiger partial charge in [-0.15, -0.1) is 0 Å². The maximum absolute atomic E-state index is 12.5. The summed E-state index contributed by atoms with van der Waals surface area (Å²) in [6.45, 7) is 0.139. The number of nitrogens with one attached hydrogen (secondary N) is 1. The topological polar surface area (TPSA) is 65.5 Å². The molecular formula is C15H19F3N4O2. The third kappa shape index (κ3) is 4.92. The molecule has 1 saturated heterocycles. The Morgan fingerprint density at radius 2 is 1.96 bits per heavy atom. The highest BCUT2D eigenvalue weighted by Crippen LogP contribution is 2.18. The Kier molecular flexibility index (Phi) is 5.76. The molecule has 0 saturated carbocycles. The first kappa shape index (κ1) is 18.2. The monoisotopic (exact) mass is 344 g/mol. The Morgan fingerprint density at radius 1 is 1.21 bits per heavy atom. The van der Waals surface area contributed by atoms with E-state index in [9.17, 15) is 22.8 Å². The maximum atomic E-state index is 12.5. The molecule has 1 aromatic heterocycles. The summed E-state index contributed by atoms with van der Waals surface area (Å²) in [7, 11) is 1.48. The van der Waals surface area contributed by atoms with E-state index in [0.717, 1.165) is 0 Å². The van der Waals surface area contributed by atoms with Crippen molar-refractivity contribution in [2.75, 3.05) is 39.8 Å². The van der Waals surface area contributed by atoms with Gasteiger partial charge in [-0.05, 0) is 18.6 Å². The number of carbonyl (C=O) groups is 2. The molecule has 0 bridgehead atoms. The van der Waals surface area contributed by atoms with Crippen molar-refractivity contribution < 1.29 is 22.8 Å². The van der Waals surface area contributed by atoms with Gasteiger partial charge in [-0.1, -0.05) is 0 Å². The van der Waals surface area contributed by atoms with E-state index in [4.69, 9.17) is 0 Å². The zero-order valence-electron chi connectivity index (χ0n) is 13.3. The number of amides is 2. The van der Waals surface area contributed by atoms with E-state index in [2.05, 4.69) is 10.3 Å². The van der Waals surface area contributed by atoms with E-state index in [0.29, 0.717) is 25.1 Å². The van der Waals surface area contributed by atoms with Crippen molar-refractivity contribution in [3.05, 3.63) is 29.6 Å². The Hall–Kier alpha value is -2.16. The van der Waals surface area contributed by atoms with Crippen LogP contribution in [0.2, 0.25) is 0 Å². The number of alkyl halides is 3. The number of hydrogen-bond acceptors (Lipinski definition) is 4. The molecule has 1 aliphatic heterocycles. The van der Waals surface area contributed by atoms with Crippen LogP contribution in [0.15, 0.2) is 18.3 Å². The van der Waals surface area contributed by atoms with Crippen molar-refractivity contribution in [3.63, 3.8) is 0 Å². The second-order valence-corrected chi connectivity index (χ2v) is 5.55. The van der Waals surface area contributed by atoms with Gasteiger partial charge in [0.15, 0.2) is 0 Å². The molecule has 0 atom stereocenters. The molecule has 9 heteroatoms. The van der Waals surface area contributed by atoms with E-state index < -0.39 is 12.7 Å². The van der Waals surface area contributed by atoms with Crippen molar-refractivity contribution in [2.45, 2.75) is 12.6 Å². The van der Waals surface area contributed by atoms with E-state index in [1.54, 1.807) is 0 Å². The fourth-order valence-electron chi connectivity index (χ4n) is 2.55. The number of pyridine rings is 1. The summed E-state index contributed by atoms with van der Waals surface area (Å²) >= 11 is 0. The van der Waals surface area contributed by atoms with Gasteiger partial charge in [-0.2, -0.15) is 13.2 Å². The van der Waals surface area contributed by atoms with Gasteiger partial charge in [0, 0.05) is 39.4 Å². The zero-order valence-corrected chi connectivity index (χ0v) is 13.3. The average molecular weight is 344 g/mol. The smallest absolute Gasteiger partial charge is 0.354 e. The highest BCUT2D eigenvalue weighted by atomic mass is 19.4. The number of hydrogen-bond donors (Lipinski definition) is 1. The van der Waals surface area contributed by atoms with Crippen LogP contribution in [-0.4, -0.2) is 72.5 Å². The summed E-state index contributed by atoms with van der Waals surface area (Å²) in [6.07, 6.45) is -2.45. The molecule has 2 rings (SSSR count). The van der Waals surface area contributed by atoms with Crippen molar-refractivity contribution >= 4 is 11.8 Å². The van der Waals surface area contributed by atoms with Gasteiger partial charge in [-0.25, -0.2) is 0 Å². The molecule has 2 amide bonds. The molecular weight excluding hydrogens is 325 g/mol. The summed E-state index contributed by atoms with van der Waals surface area (Å²) < 4.78 is 37.4. The Labute approximate surface area is 137 Å². The van der Waals surface area contributed by atoms with Gasteiger partial charge in [-0.3, -0.25) is 19.5 Å². The minimum Gasteiger partial charge on any atom is -0.354 e. The summed E-state index contributed by atoms with van der Waals surface area (Å²) in [5.74, 6) is -0.647. The first-order valence-electron chi connectivity index (χ1n) is 7.56. The van der Waals surface area contributed by atoms with Gasteiger partial charge < -0.3 is 10.2 Å². The summed E-state index contributed by atoms with van der Waals surface area (Å²) in [5, 5.41) is 2.43. The minimum absolute atomic E-state index is 0.176. The molecule has 0 radical (unpaired) electrons. The third-order valence-corrected chi connectivity index (χ3v) is 3.75. The quantitative estimate of drug-likeness (QED) is 0.893. The molecule has 1 aliphatic rings. The van der Waals surface area contributed by atoms with Crippen molar-refractivity contribution in [3.8, 4) is 0 Å². The highest BCUT2D eigenvalue weighted by Gasteiger charge is 2.32. The fourth-order valence-corrected chi connectivity index (χ4v) is 2.55. The predicted molar refractivity (Wildman–Crippen MR) is 80.6 cm³/mol. The number of rotatable bonds is 3. The summed E-state index contributed by atoms with van der Waals surface area (Å²) in [5.41, 5.74) is 0.508. The molecule has 1 fully saturated rings. The lowest BCUT2D eigenvalue weighted by Gasteiger charge is -2.22. The molecule has 1 aromatic rings. The third-order valence-electron chi connectivity index (χ3n) is 3.75. The van der Waals surface area contributed by atoms with Crippen LogP contribution in [0.5, 0.6) is 0 Å². The fraction of sp³-hybridized carbons (Fsp3) is 0.533. The van der Waals surface area contributed by atoms with Crippen molar-refractivity contribution in [1.82, 2.24) is 20.1 Å². The molecule has 1 N–H and O–H groups in total. The summed E-state index contributed by atoms with van der Waals surface area (Å²) in [4.78, 5) is 30.6. The second kappa shape index (κ2) is 7.61. The van der Waals surface area contributed by atoms with Crippen LogP contribution >= 0.6 is 0 Å².